The molecule has 0 aromatic rings. The Hall–Kier alpha value is -1.94. The van der Waals surface area contributed by atoms with Gasteiger partial charge in [-0.25, -0.2) is 9.13 Å². The number of phosphoric acid groups is 2. The van der Waals surface area contributed by atoms with E-state index in [1.807, 2.05) is 0 Å². The molecule has 3 unspecified atom stereocenters. The standard InChI is InChI=1S/C79H154O17P2/c1-7-10-12-14-16-18-20-21-22-23-26-29-33-37-44-50-56-62-77(82)90-67-74(95-78(83)63-57-51-45-38-34-30-27-24-25-28-32-35-41-47-53-59-71(4)5)69-93-97(85,86)91-65-73(80)66-92-98(87,88)94-70-75(68-89-76(81)61-55-49-43-36-31-19-17-15-13-11-8-2)96-79(84)64-58-52-46-40-39-42-48-54-60-72(6)9-3/h71-75,80H,7-70H2,1-6H3,(H,85,86)(H,87,88)/t72?,73-,74-,75-/m1/s1. The lowest BCUT2D eigenvalue weighted by atomic mass is 9.99. The maximum absolute atomic E-state index is 13.1. The fourth-order valence-corrected chi connectivity index (χ4v) is 13.7. The summed E-state index contributed by atoms with van der Waals surface area (Å²) in [4.78, 5) is 72.9. The Balaban J connectivity index is 5.25. The number of carbonyl (C=O) groups excluding carboxylic acids is 4. The van der Waals surface area contributed by atoms with Gasteiger partial charge in [-0.15, -0.1) is 0 Å². The molecule has 0 saturated heterocycles. The van der Waals surface area contributed by atoms with Crippen LogP contribution in [0.3, 0.4) is 0 Å². The van der Waals surface area contributed by atoms with Gasteiger partial charge in [0, 0.05) is 25.7 Å². The van der Waals surface area contributed by atoms with Gasteiger partial charge in [-0.3, -0.25) is 37.3 Å². The van der Waals surface area contributed by atoms with Crippen molar-refractivity contribution < 1.29 is 80.2 Å². The third-order valence-electron chi connectivity index (χ3n) is 18.8. The SMILES string of the molecule is CCCCCCCCCCCCCCCCCCCC(=O)OC[C@H](COP(=O)(O)OC[C@@H](O)COP(=O)(O)OC[C@@H](COC(=O)CCCCCCCCCCCCC)OC(=O)CCCCCCCCCCC(C)CC)OC(=O)CCCCCCCCCCCCCCCCCC(C)C. The summed E-state index contributed by atoms with van der Waals surface area (Å²) >= 11 is 0. The smallest absolute Gasteiger partial charge is 0.462 e. The lowest BCUT2D eigenvalue weighted by molar-refractivity contribution is -0.161. The molecule has 582 valence electrons. The van der Waals surface area contributed by atoms with Crippen LogP contribution in [0.25, 0.3) is 0 Å². The molecule has 0 aromatic heterocycles. The van der Waals surface area contributed by atoms with Crippen molar-refractivity contribution in [2.24, 2.45) is 11.8 Å². The van der Waals surface area contributed by atoms with E-state index in [-0.39, 0.29) is 25.7 Å². The third kappa shape index (κ3) is 71.1. The lowest BCUT2D eigenvalue weighted by Gasteiger charge is -2.21. The van der Waals surface area contributed by atoms with Crippen LogP contribution in [0.4, 0.5) is 0 Å². The Labute approximate surface area is 600 Å². The highest BCUT2D eigenvalue weighted by Gasteiger charge is 2.30. The molecule has 0 aromatic carbocycles. The van der Waals surface area contributed by atoms with E-state index in [1.54, 1.807) is 0 Å². The van der Waals surface area contributed by atoms with E-state index < -0.39 is 97.5 Å². The minimum atomic E-state index is -4.96. The fraction of sp³-hybridized carbons (Fsp3) is 0.949. The van der Waals surface area contributed by atoms with Crippen LogP contribution in [0.15, 0.2) is 0 Å². The quantitative estimate of drug-likeness (QED) is 0.0222. The molecular formula is C79H154O17P2. The van der Waals surface area contributed by atoms with Crippen LogP contribution in [-0.2, 0) is 65.4 Å². The summed E-state index contributed by atoms with van der Waals surface area (Å²) in [7, 11) is -9.92. The number of aliphatic hydroxyl groups is 1. The normalized spacial score (nSPS) is 14.2. The highest BCUT2D eigenvalue weighted by atomic mass is 31.2. The maximum Gasteiger partial charge on any atom is 0.472 e. The molecule has 17 nitrogen and oxygen atoms in total. The molecule has 19 heteroatoms. The maximum atomic E-state index is 13.1. The number of phosphoric ester groups is 2. The zero-order valence-corrected chi connectivity index (χ0v) is 65.9. The van der Waals surface area contributed by atoms with Crippen molar-refractivity contribution in [2.75, 3.05) is 39.6 Å². The minimum Gasteiger partial charge on any atom is -0.462 e. The monoisotopic (exact) mass is 1440 g/mol. The average molecular weight is 1440 g/mol. The topological polar surface area (TPSA) is 237 Å². The van der Waals surface area contributed by atoms with Gasteiger partial charge in [0.2, 0.25) is 0 Å². The molecule has 0 aliphatic carbocycles. The van der Waals surface area contributed by atoms with Crippen LogP contribution in [0.2, 0.25) is 0 Å². The van der Waals surface area contributed by atoms with Gasteiger partial charge in [-0.1, -0.05) is 363 Å². The number of ether oxygens (including phenoxy) is 4. The summed E-state index contributed by atoms with van der Waals surface area (Å²) in [6.07, 6.45) is 59.5. The van der Waals surface area contributed by atoms with Crippen molar-refractivity contribution in [3.63, 3.8) is 0 Å². The Morgan fingerprint density at radius 2 is 0.520 bits per heavy atom. The van der Waals surface area contributed by atoms with Gasteiger partial charge < -0.3 is 33.8 Å². The van der Waals surface area contributed by atoms with Crippen LogP contribution in [-0.4, -0.2) is 96.7 Å². The van der Waals surface area contributed by atoms with E-state index in [4.69, 9.17) is 37.0 Å². The highest BCUT2D eigenvalue weighted by molar-refractivity contribution is 7.47. The molecule has 0 aliphatic rings. The van der Waals surface area contributed by atoms with E-state index in [0.717, 1.165) is 102 Å². The number of unbranched alkanes of at least 4 members (excludes halogenated alkanes) is 47. The fourth-order valence-electron chi connectivity index (χ4n) is 12.2. The largest absolute Gasteiger partial charge is 0.472 e. The van der Waals surface area contributed by atoms with Gasteiger partial charge in [0.15, 0.2) is 12.2 Å². The second-order valence-corrected chi connectivity index (χ2v) is 32.1. The second-order valence-electron chi connectivity index (χ2n) is 29.2. The van der Waals surface area contributed by atoms with Crippen molar-refractivity contribution in [3.05, 3.63) is 0 Å². The van der Waals surface area contributed by atoms with Crippen LogP contribution in [0.5, 0.6) is 0 Å². The summed E-state index contributed by atoms with van der Waals surface area (Å²) in [5, 5.41) is 10.6. The molecule has 98 heavy (non-hydrogen) atoms. The van der Waals surface area contributed by atoms with Gasteiger partial charge in [0.1, 0.15) is 19.3 Å². The number of hydrogen-bond donors (Lipinski definition) is 3. The zero-order chi connectivity index (χ0) is 72.1. The first-order valence-electron chi connectivity index (χ1n) is 41.0. The first-order chi connectivity index (χ1) is 47.4. The summed E-state index contributed by atoms with van der Waals surface area (Å²) in [5.74, 6) is -0.539. The number of carbonyl (C=O) groups is 4. The Morgan fingerprint density at radius 3 is 0.776 bits per heavy atom. The molecule has 3 N–H and O–H groups in total. The highest BCUT2D eigenvalue weighted by Crippen LogP contribution is 2.45. The summed E-state index contributed by atoms with van der Waals surface area (Å²) < 4.78 is 68.6. The van der Waals surface area contributed by atoms with Crippen molar-refractivity contribution >= 4 is 39.5 Å². The number of aliphatic hydroxyl groups excluding tert-OH is 1. The van der Waals surface area contributed by atoms with Crippen LogP contribution in [0, 0.1) is 11.8 Å². The van der Waals surface area contributed by atoms with E-state index in [0.29, 0.717) is 25.7 Å². The van der Waals surface area contributed by atoms with Crippen molar-refractivity contribution in [1.82, 2.24) is 0 Å². The second kappa shape index (κ2) is 70.7. The molecule has 0 amide bonds. The number of esters is 4. The van der Waals surface area contributed by atoms with Gasteiger partial charge >= 0.3 is 39.5 Å². The molecule has 0 saturated carbocycles. The third-order valence-corrected chi connectivity index (χ3v) is 20.7. The minimum absolute atomic E-state index is 0.105. The van der Waals surface area contributed by atoms with Crippen LogP contribution < -0.4 is 0 Å². The predicted octanol–water partition coefficient (Wildman–Crippen LogP) is 23.5. The molecule has 0 rings (SSSR count). The molecule has 0 heterocycles. The van der Waals surface area contributed by atoms with E-state index in [1.165, 1.54) is 231 Å². The van der Waals surface area contributed by atoms with Crippen molar-refractivity contribution in [3.8, 4) is 0 Å². The Morgan fingerprint density at radius 1 is 0.296 bits per heavy atom. The average Bonchev–Trinajstić information content (AvgIpc) is 0.994. The molecule has 0 bridgehead atoms. The predicted molar refractivity (Wildman–Crippen MR) is 400 cm³/mol. The molecular weight excluding hydrogens is 1280 g/mol. The summed E-state index contributed by atoms with van der Waals surface area (Å²) in [6, 6.07) is 0. The van der Waals surface area contributed by atoms with E-state index >= 15 is 0 Å². The lowest BCUT2D eigenvalue weighted by Crippen LogP contribution is -2.30. The van der Waals surface area contributed by atoms with Crippen molar-refractivity contribution in [2.45, 2.75) is 432 Å². The first-order valence-corrected chi connectivity index (χ1v) is 44.0. The molecule has 0 fully saturated rings. The molecule has 0 aliphatic heterocycles. The number of rotatable bonds is 78. The first kappa shape index (κ1) is 96.1. The molecule has 6 atom stereocenters. The van der Waals surface area contributed by atoms with Crippen LogP contribution in [0.1, 0.15) is 414 Å². The van der Waals surface area contributed by atoms with Crippen LogP contribution >= 0.6 is 15.6 Å². The number of hydrogen-bond acceptors (Lipinski definition) is 15. The Bertz CT molecular complexity index is 1890. The van der Waals surface area contributed by atoms with E-state index in [9.17, 15) is 43.2 Å². The van der Waals surface area contributed by atoms with Gasteiger partial charge in [0.05, 0.1) is 26.4 Å². The zero-order valence-electron chi connectivity index (χ0n) is 64.1. The summed E-state index contributed by atoms with van der Waals surface area (Å²) in [5.41, 5.74) is 0. The van der Waals surface area contributed by atoms with Crippen molar-refractivity contribution in [1.29, 1.82) is 0 Å². The summed E-state index contributed by atoms with van der Waals surface area (Å²) in [6.45, 7) is 9.64. The van der Waals surface area contributed by atoms with Gasteiger partial charge in [-0.2, -0.15) is 0 Å². The molecule has 0 radical (unpaired) electrons. The molecule has 0 spiro atoms. The Kier molecular flexibility index (Phi) is 69.3. The van der Waals surface area contributed by atoms with Gasteiger partial charge in [-0.05, 0) is 37.5 Å². The van der Waals surface area contributed by atoms with Gasteiger partial charge in [0.25, 0.3) is 0 Å². The van der Waals surface area contributed by atoms with E-state index in [2.05, 4.69) is 41.5 Å².